The van der Waals surface area contributed by atoms with E-state index in [1.54, 1.807) is 24.3 Å². The Morgan fingerprint density at radius 3 is 2.31 bits per heavy atom. The number of carbonyl (C=O) groups is 1. The molecular weight excluding hydrogens is 393 g/mol. The zero-order valence-corrected chi connectivity index (χ0v) is 17.3. The van der Waals surface area contributed by atoms with Gasteiger partial charge in [0.1, 0.15) is 5.82 Å². The summed E-state index contributed by atoms with van der Waals surface area (Å²) in [6, 6.07) is 11.5. The highest BCUT2D eigenvalue weighted by molar-refractivity contribution is 7.92. The number of hydrogen-bond donors (Lipinski definition) is 0. The molecule has 0 aromatic heterocycles. The molecule has 0 saturated carbocycles. The van der Waals surface area contributed by atoms with Crippen molar-refractivity contribution in [1.82, 2.24) is 4.90 Å². The van der Waals surface area contributed by atoms with Crippen LogP contribution in [0.1, 0.15) is 22.8 Å². The van der Waals surface area contributed by atoms with Crippen LogP contribution < -0.4 is 9.21 Å². The van der Waals surface area contributed by atoms with E-state index in [2.05, 4.69) is 4.90 Å². The molecule has 0 aliphatic carbocycles. The van der Waals surface area contributed by atoms with Crippen LogP contribution in [0.5, 0.6) is 0 Å². The molecule has 6 nitrogen and oxygen atoms in total. The summed E-state index contributed by atoms with van der Waals surface area (Å²) in [5.41, 5.74) is 3.09. The molecule has 1 fully saturated rings. The second kappa shape index (κ2) is 7.33. The Labute approximate surface area is 170 Å². The number of piperazine rings is 1. The molecular formula is C21H24FN3O3S. The van der Waals surface area contributed by atoms with Gasteiger partial charge in [0.05, 0.1) is 11.9 Å². The van der Waals surface area contributed by atoms with Crippen LogP contribution in [0.15, 0.2) is 42.5 Å². The number of anilines is 2. The number of amides is 1. The lowest BCUT2D eigenvalue weighted by Gasteiger charge is -2.36. The monoisotopic (exact) mass is 417 g/mol. The molecule has 1 atom stereocenters. The first-order valence-corrected chi connectivity index (χ1v) is 11.5. The van der Waals surface area contributed by atoms with Crippen LogP contribution in [0, 0.1) is 5.82 Å². The third-order valence-electron chi connectivity index (χ3n) is 5.60. The van der Waals surface area contributed by atoms with Crippen molar-refractivity contribution < 1.29 is 17.6 Å². The fourth-order valence-corrected chi connectivity index (χ4v) is 5.51. The Morgan fingerprint density at radius 2 is 1.69 bits per heavy atom. The predicted octanol–water partition coefficient (Wildman–Crippen LogP) is 2.50. The van der Waals surface area contributed by atoms with Crippen LogP contribution in [-0.2, 0) is 16.4 Å². The van der Waals surface area contributed by atoms with Crippen molar-refractivity contribution in [2.75, 3.05) is 41.6 Å². The minimum absolute atomic E-state index is 0.0444. The maximum Gasteiger partial charge on any atom is 0.253 e. The van der Waals surface area contributed by atoms with E-state index in [9.17, 15) is 17.6 Å². The van der Waals surface area contributed by atoms with Crippen molar-refractivity contribution in [2.45, 2.75) is 19.4 Å². The SMILES string of the molecule is C[C@@H]1Cc2cc(C(=O)N3CCN(c4ccc(F)cc4)CC3)ccc2N1S(C)(=O)=O. The number of benzene rings is 2. The molecule has 2 aliphatic rings. The summed E-state index contributed by atoms with van der Waals surface area (Å²) in [7, 11) is -3.34. The molecule has 2 aromatic carbocycles. The van der Waals surface area contributed by atoms with Crippen molar-refractivity contribution >= 4 is 27.3 Å². The van der Waals surface area contributed by atoms with E-state index in [0.29, 0.717) is 43.9 Å². The summed E-state index contributed by atoms with van der Waals surface area (Å²) in [4.78, 5) is 16.9. The van der Waals surface area contributed by atoms with Crippen molar-refractivity contribution in [3.8, 4) is 0 Å². The smallest absolute Gasteiger partial charge is 0.253 e. The number of carbonyl (C=O) groups excluding carboxylic acids is 1. The highest BCUT2D eigenvalue weighted by Gasteiger charge is 2.33. The Balaban J connectivity index is 1.46. The van der Waals surface area contributed by atoms with Gasteiger partial charge in [0.2, 0.25) is 10.0 Å². The third-order valence-corrected chi connectivity index (χ3v) is 6.87. The molecule has 0 unspecified atom stereocenters. The van der Waals surface area contributed by atoms with E-state index >= 15 is 0 Å². The quantitative estimate of drug-likeness (QED) is 0.770. The molecule has 0 N–H and O–H groups in total. The van der Waals surface area contributed by atoms with Gasteiger partial charge in [-0.15, -0.1) is 0 Å². The molecule has 8 heteroatoms. The lowest BCUT2D eigenvalue weighted by molar-refractivity contribution is 0.0746. The first kappa shape index (κ1) is 19.7. The number of halogens is 1. The standard InChI is InChI=1S/C21H24FN3O3S/c1-15-13-17-14-16(3-8-20(17)25(15)29(2,27)28)21(26)24-11-9-23(10-12-24)19-6-4-18(22)5-7-19/h3-8,14-15H,9-13H2,1-2H3/t15-/m1/s1. The van der Waals surface area contributed by atoms with E-state index < -0.39 is 10.0 Å². The molecule has 0 radical (unpaired) electrons. The van der Waals surface area contributed by atoms with Crippen LogP contribution in [-0.4, -0.2) is 57.7 Å². The third kappa shape index (κ3) is 3.81. The van der Waals surface area contributed by atoms with E-state index in [-0.39, 0.29) is 17.8 Å². The normalized spacial score (nSPS) is 19.4. The van der Waals surface area contributed by atoms with Gasteiger partial charge in [-0.25, -0.2) is 12.8 Å². The molecule has 2 heterocycles. The minimum Gasteiger partial charge on any atom is -0.368 e. The van der Waals surface area contributed by atoms with Gasteiger partial charge < -0.3 is 9.80 Å². The largest absolute Gasteiger partial charge is 0.368 e. The Bertz CT molecular complexity index is 1030. The average molecular weight is 418 g/mol. The van der Waals surface area contributed by atoms with Crippen molar-refractivity contribution in [3.63, 3.8) is 0 Å². The number of hydrogen-bond acceptors (Lipinski definition) is 4. The van der Waals surface area contributed by atoms with Gasteiger partial charge in [0.15, 0.2) is 0 Å². The molecule has 0 bridgehead atoms. The van der Waals surface area contributed by atoms with Gasteiger partial charge in [-0.05, 0) is 61.4 Å². The molecule has 2 aliphatic heterocycles. The number of nitrogens with zero attached hydrogens (tertiary/aromatic N) is 3. The van der Waals surface area contributed by atoms with E-state index in [1.165, 1.54) is 22.7 Å². The van der Waals surface area contributed by atoms with Crippen molar-refractivity contribution in [1.29, 1.82) is 0 Å². The zero-order valence-electron chi connectivity index (χ0n) is 16.5. The highest BCUT2D eigenvalue weighted by atomic mass is 32.2. The van der Waals surface area contributed by atoms with E-state index in [1.807, 2.05) is 17.9 Å². The summed E-state index contributed by atoms with van der Waals surface area (Å²) in [6.45, 7) is 4.40. The fraction of sp³-hybridized carbons (Fsp3) is 0.381. The fourth-order valence-electron chi connectivity index (χ4n) is 4.24. The van der Waals surface area contributed by atoms with Gasteiger partial charge in [-0.3, -0.25) is 9.10 Å². The van der Waals surface area contributed by atoms with Crippen LogP contribution in [0.2, 0.25) is 0 Å². The molecule has 1 amide bonds. The lowest BCUT2D eigenvalue weighted by atomic mass is 10.1. The van der Waals surface area contributed by atoms with Crippen LogP contribution in [0.4, 0.5) is 15.8 Å². The topological polar surface area (TPSA) is 60.9 Å². The Morgan fingerprint density at radius 1 is 1.03 bits per heavy atom. The van der Waals surface area contributed by atoms with Crippen molar-refractivity contribution in [3.05, 3.63) is 59.4 Å². The zero-order chi connectivity index (χ0) is 20.8. The van der Waals surface area contributed by atoms with E-state index in [0.717, 1.165) is 11.3 Å². The number of fused-ring (bicyclic) bond motifs is 1. The van der Waals surface area contributed by atoms with Crippen molar-refractivity contribution in [2.24, 2.45) is 0 Å². The van der Waals surface area contributed by atoms with Gasteiger partial charge in [0.25, 0.3) is 5.91 Å². The summed E-state index contributed by atoms with van der Waals surface area (Å²) in [6.07, 6.45) is 1.81. The summed E-state index contributed by atoms with van der Waals surface area (Å²) >= 11 is 0. The second-order valence-corrected chi connectivity index (χ2v) is 9.57. The molecule has 2 aromatic rings. The second-order valence-electron chi connectivity index (χ2n) is 7.71. The maximum atomic E-state index is 13.1. The summed E-state index contributed by atoms with van der Waals surface area (Å²) in [5, 5.41) is 0. The first-order valence-electron chi connectivity index (χ1n) is 9.66. The molecule has 4 rings (SSSR count). The summed E-state index contributed by atoms with van der Waals surface area (Å²) in [5.74, 6) is -0.306. The summed E-state index contributed by atoms with van der Waals surface area (Å²) < 4.78 is 38.7. The van der Waals surface area contributed by atoms with Gasteiger partial charge in [-0.2, -0.15) is 0 Å². The van der Waals surface area contributed by atoms with Gasteiger partial charge >= 0.3 is 0 Å². The first-order chi connectivity index (χ1) is 13.7. The van der Waals surface area contributed by atoms with E-state index in [4.69, 9.17) is 0 Å². The molecule has 0 spiro atoms. The molecule has 1 saturated heterocycles. The lowest BCUT2D eigenvalue weighted by Crippen LogP contribution is -2.48. The molecule has 29 heavy (non-hydrogen) atoms. The van der Waals surface area contributed by atoms with Crippen LogP contribution in [0.3, 0.4) is 0 Å². The van der Waals surface area contributed by atoms with Gasteiger partial charge in [-0.1, -0.05) is 0 Å². The highest BCUT2D eigenvalue weighted by Crippen LogP contribution is 2.35. The average Bonchev–Trinajstić information content (AvgIpc) is 3.03. The van der Waals surface area contributed by atoms with Crippen LogP contribution >= 0.6 is 0 Å². The van der Waals surface area contributed by atoms with Gasteiger partial charge in [0, 0.05) is 43.5 Å². The number of sulfonamides is 1. The Hall–Kier alpha value is -2.61. The molecule has 154 valence electrons. The number of rotatable bonds is 3. The Kier molecular flexibility index (Phi) is 4.98. The minimum atomic E-state index is -3.34. The van der Waals surface area contributed by atoms with Crippen LogP contribution in [0.25, 0.3) is 0 Å². The predicted molar refractivity (Wildman–Crippen MR) is 111 cm³/mol. The maximum absolute atomic E-state index is 13.1.